The fourth-order valence-electron chi connectivity index (χ4n) is 3.47. The number of thiazole rings is 1. The van der Waals surface area contributed by atoms with Gasteiger partial charge in [-0.05, 0) is 51.1 Å². The van der Waals surface area contributed by atoms with E-state index in [0.29, 0.717) is 0 Å². The van der Waals surface area contributed by atoms with E-state index >= 15 is 0 Å². The van der Waals surface area contributed by atoms with Crippen molar-refractivity contribution in [3.63, 3.8) is 0 Å². The maximum atomic E-state index is 5.83. The third-order valence-corrected chi connectivity index (χ3v) is 5.14. The summed E-state index contributed by atoms with van der Waals surface area (Å²) >= 11 is 1.71. The maximum Gasteiger partial charge on any atom is 0.180 e. The van der Waals surface area contributed by atoms with Crippen LogP contribution in [0.2, 0.25) is 0 Å². The lowest BCUT2D eigenvalue weighted by atomic mass is 9.79. The van der Waals surface area contributed by atoms with Crippen LogP contribution in [0.15, 0.2) is 0 Å². The molecule has 94 valence electrons. The highest BCUT2D eigenvalue weighted by atomic mass is 32.1. The van der Waals surface area contributed by atoms with E-state index in [4.69, 9.17) is 5.73 Å². The summed E-state index contributed by atoms with van der Waals surface area (Å²) in [4.78, 5) is 8.64. The van der Waals surface area contributed by atoms with Gasteiger partial charge in [-0.3, -0.25) is 4.90 Å². The lowest BCUT2D eigenvalue weighted by Crippen LogP contribution is -2.49. The molecule has 17 heavy (non-hydrogen) atoms. The molecular weight excluding hydrogens is 230 g/mol. The van der Waals surface area contributed by atoms with Gasteiger partial charge in [0.15, 0.2) is 5.13 Å². The summed E-state index contributed by atoms with van der Waals surface area (Å²) in [5, 5.41) is 0.760. The highest BCUT2D eigenvalue weighted by Crippen LogP contribution is 2.37. The molecule has 0 spiro atoms. The van der Waals surface area contributed by atoms with Gasteiger partial charge in [-0.1, -0.05) is 6.92 Å². The van der Waals surface area contributed by atoms with E-state index in [1.165, 1.54) is 49.3 Å². The number of nitrogen functional groups attached to an aromatic ring is 1. The summed E-state index contributed by atoms with van der Waals surface area (Å²) < 4.78 is 0. The summed E-state index contributed by atoms with van der Waals surface area (Å²) in [7, 11) is 0. The molecule has 2 atom stereocenters. The van der Waals surface area contributed by atoms with Gasteiger partial charge >= 0.3 is 0 Å². The van der Waals surface area contributed by atoms with Crippen LogP contribution in [0.3, 0.4) is 0 Å². The molecule has 1 saturated heterocycles. The molecule has 1 aliphatic heterocycles. The van der Waals surface area contributed by atoms with Gasteiger partial charge in [0.05, 0.1) is 5.69 Å². The number of rotatable bonds is 2. The quantitative estimate of drug-likeness (QED) is 0.877. The van der Waals surface area contributed by atoms with Gasteiger partial charge in [0, 0.05) is 10.9 Å². The van der Waals surface area contributed by atoms with Crippen LogP contribution in [-0.2, 0) is 12.8 Å². The number of nitrogens with two attached hydrogens (primary N) is 1. The standard InChI is InChI=1S/C13H21N3S/c1-2-5-16-6-3-4-9-7-10-12(8-11(9)16)17-13(14)15-10/h9,11H,2-8H2,1H3,(H2,14,15)/t9-,11-/m1/s1. The van der Waals surface area contributed by atoms with Crippen LogP contribution < -0.4 is 5.73 Å². The molecule has 0 unspecified atom stereocenters. The van der Waals surface area contributed by atoms with Gasteiger partial charge in [0.2, 0.25) is 0 Å². The minimum atomic E-state index is 0.760. The minimum absolute atomic E-state index is 0.760. The SMILES string of the molecule is CCCN1CCC[C@@H]2Cc3nc(N)sc3C[C@H]21. The maximum absolute atomic E-state index is 5.83. The first-order valence-electron chi connectivity index (χ1n) is 6.76. The first kappa shape index (κ1) is 11.5. The molecular formula is C13H21N3S. The second-order valence-corrected chi connectivity index (χ2v) is 6.45. The molecule has 4 heteroatoms. The van der Waals surface area contributed by atoms with Gasteiger partial charge < -0.3 is 5.73 Å². The van der Waals surface area contributed by atoms with Crippen molar-refractivity contribution < 1.29 is 0 Å². The van der Waals surface area contributed by atoms with Crippen molar-refractivity contribution in [2.24, 2.45) is 5.92 Å². The van der Waals surface area contributed by atoms with Crippen molar-refractivity contribution in [2.75, 3.05) is 18.8 Å². The molecule has 0 saturated carbocycles. The predicted molar refractivity (Wildman–Crippen MR) is 72.3 cm³/mol. The Morgan fingerprint density at radius 1 is 1.47 bits per heavy atom. The molecule has 1 fully saturated rings. The second kappa shape index (κ2) is 4.58. The lowest BCUT2D eigenvalue weighted by Gasteiger charge is -2.43. The number of aromatic nitrogens is 1. The van der Waals surface area contributed by atoms with Gasteiger partial charge in [-0.25, -0.2) is 4.98 Å². The minimum Gasteiger partial charge on any atom is -0.375 e. The van der Waals surface area contributed by atoms with Crippen molar-refractivity contribution in [3.8, 4) is 0 Å². The summed E-state index contributed by atoms with van der Waals surface area (Å²) in [5.74, 6) is 0.823. The van der Waals surface area contributed by atoms with Gasteiger partial charge in [0.1, 0.15) is 0 Å². The zero-order chi connectivity index (χ0) is 11.8. The molecule has 1 aromatic heterocycles. The highest BCUT2D eigenvalue weighted by molar-refractivity contribution is 7.15. The van der Waals surface area contributed by atoms with Crippen molar-refractivity contribution in [1.82, 2.24) is 9.88 Å². The van der Waals surface area contributed by atoms with E-state index in [2.05, 4.69) is 16.8 Å². The number of nitrogens with zero attached hydrogens (tertiary/aromatic N) is 2. The second-order valence-electron chi connectivity index (χ2n) is 5.34. The third-order valence-electron chi connectivity index (χ3n) is 4.19. The van der Waals surface area contributed by atoms with E-state index < -0.39 is 0 Å². The first-order valence-corrected chi connectivity index (χ1v) is 7.57. The Bertz CT molecular complexity index is 399. The van der Waals surface area contributed by atoms with Crippen molar-refractivity contribution in [2.45, 2.75) is 45.1 Å². The van der Waals surface area contributed by atoms with Crippen LogP contribution in [0, 0.1) is 5.92 Å². The van der Waals surface area contributed by atoms with Crippen molar-refractivity contribution in [1.29, 1.82) is 0 Å². The Balaban J connectivity index is 1.83. The molecule has 2 heterocycles. The Kier molecular flexibility index (Phi) is 3.09. The Labute approximate surface area is 107 Å². The van der Waals surface area contributed by atoms with Crippen LogP contribution >= 0.6 is 11.3 Å². The van der Waals surface area contributed by atoms with Crippen LogP contribution in [0.1, 0.15) is 36.8 Å². The summed E-state index contributed by atoms with van der Waals surface area (Å²) in [6.45, 7) is 4.83. The number of hydrogen-bond acceptors (Lipinski definition) is 4. The number of anilines is 1. The smallest absolute Gasteiger partial charge is 0.180 e. The lowest BCUT2D eigenvalue weighted by molar-refractivity contribution is 0.0857. The van der Waals surface area contributed by atoms with Gasteiger partial charge in [-0.15, -0.1) is 11.3 Å². The number of likely N-dealkylation sites (tertiary alicyclic amines) is 1. The number of hydrogen-bond donors (Lipinski definition) is 1. The topological polar surface area (TPSA) is 42.2 Å². The Morgan fingerprint density at radius 2 is 2.35 bits per heavy atom. The molecule has 3 rings (SSSR count). The molecule has 2 aliphatic rings. The summed E-state index contributed by atoms with van der Waals surface area (Å²) in [6, 6.07) is 0.760. The number of fused-ring (bicyclic) bond motifs is 2. The van der Waals surface area contributed by atoms with Crippen LogP contribution in [-0.4, -0.2) is 29.0 Å². The van der Waals surface area contributed by atoms with Crippen LogP contribution in [0.4, 0.5) is 5.13 Å². The van der Waals surface area contributed by atoms with E-state index in [1.807, 2.05) is 0 Å². The molecule has 3 nitrogen and oxygen atoms in total. The molecule has 1 aliphatic carbocycles. The Morgan fingerprint density at radius 3 is 3.18 bits per heavy atom. The van der Waals surface area contributed by atoms with Crippen molar-refractivity contribution in [3.05, 3.63) is 10.6 Å². The fraction of sp³-hybridized carbons (Fsp3) is 0.769. The molecule has 0 aromatic carbocycles. The first-order chi connectivity index (χ1) is 8.28. The monoisotopic (exact) mass is 251 g/mol. The van der Waals surface area contributed by atoms with Crippen LogP contribution in [0.5, 0.6) is 0 Å². The van der Waals surface area contributed by atoms with Gasteiger partial charge in [0.25, 0.3) is 0 Å². The normalized spacial score (nSPS) is 28.8. The van der Waals surface area contributed by atoms with Crippen molar-refractivity contribution >= 4 is 16.5 Å². The van der Waals surface area contributed by atoms with Gasteiger partial charge in [-0.2, -0.15) is 0 Å². The third kappa shape index (κ3) is 2.08. The average molecular weight is 251 g/mol. The van der Waals surface area contributed by atoms with Crippen LogP contribution in [0.25, 0.3) is 0 Å². The Hall–Kier alpha value is -0.610. The molecule has 0 amide bonds. The predicted octanol–water partition coefficient (Wildman–Crippen LogP) is 2.31. The zero-order valence-electron chi connectivity index (χ0n) is 10.5. The van der Waals surface area contributed by atoms with E-state index in [9.17, 15) is 0 Å². The summed E-state index contributed by atoms with van der Waals surface area (Å²) in [6.07, 6.45) is 6.35. The molecule has 1 aromatic rings. The van der Waals surface area contributed by atoms with E-state index in [0.717, 1.165) is 23.5 Å². The zero-order valence-corrected chi connectivity index (χ0v) is 11.3. The molecule has 0 bridgehead atoms. The average Bonchev–Trinajstić information content (AvgIpc) is 2.66. The molecule has 0 radical (unpaired) electrons. The van der Waals surface area contributed by atoms with E-state index in [-0.39, 0.29) is 0 Å². The molecule has 2 N–H and O–H groups in total. The fourth-order valence-corrected chi connectivity index (χ4v) is 4.38. The highest BCUT2D eigenvalue weighted by Gasteiger charge is 2.36. The van der Waals surface area contributed by atoms with E-state index in [1.54, 1.807) is 11.3 Å². The summed E-state index contributed by atoms with van der Waals surface area (Å²) in [5.41, 5.74) is 7.13. The number of piperidine rings is 1. The largest absolute Gasteiger partial charge is 0.375 e.